The van der Waals surface area contributed by atoms with Crippen LogP contribution in [0.4, 0.5) is 0 Å². The third-order valence-corrected chi connectivity index (χ3v) is 5.28. The summed E-state index contributed by atoms with van der Waals surface area (Å²) in [6, 6.07) is 7.92. The minimum absolute atomic E-state index is 0.0370. The highest BCUT2D eigenvalue weighted by atomic mass is 79.9. The molecule has 0 bridgehead atoms. The van der Waals surface area contributed by atoms with Crippen LogP contribution in [0.2, 0.25) is 0 Å². The summed E-state index contributed by atoms with van der Waals surface area (Å²) in [7, 11) is 0.902. The molecule has 0 aromatic heterocycles. The van der Waals surface area contributed by atoms with E-state index >= 15 is 0 Å². The maximum Gasteiger partial charge on any atom is 0.0781 e. The van der Waals surface area contributed by atoms with Crippen molar-refractivity contribution in [3.63, 3.8) is 0 Å². The summed E-state index contributed by atoms with van der Waals surface area (Å²) < 4.78 is 18.9. The average Bonchev–Trinajstić information content (AvgIpc) is 2.39. The van der Waals surface area contributed by atoms with Gasteiger partial charge in [0, 0.05) is 22.0 Å². The standard InChI is InChI=1S/C12H16BrNO2S/c1-14-11-6-7-16-8-12(11)17(15)10-4-2-9(13)3-5-10/h2-5,11-12,14H,6-8H2,1H3. The molecule has 1 saturated heterocycles. The maximum absolute atomic E-state index is 12.5. The molecule has 17 heavy (non-hydrogen) atoms. The summed E-state index contributed by atoms with van der Waals surface area (Å²) in [5.41, 5.74) is 0. The summed E-state index contributed by atoms with van der Waals surface area (Å²) in [5.74, 6) is 0. The molecule has 0 radical (unpaired) electrons. The van der Waals surface area contributed by atoms with Gasteiger partial charge in [0.1, 0.15) is 0 Å². The van der Waals surface area contributed by atoms with Gasteiger partial charge in [0.05, 0.1) is 22.7 Å². The highest BCUT2D eigenvalue weighted by Gasteiger charge is 2.30. The van der Waals surface area contributed by atoms with Crippen LogP contribution in [0.5, 0.6) is 0 Å². The highest BCUT2D eigenvalue weighted by Crippen LogP contribution is 2.21. The molecular formula is C12H16BrNO2S. The van der Waals surface area contributed by atoms with Gasteiger partial charge < -0.3 is 10.1 Å². The molecule has 3 unspecified atom stereocenters. The lowest BCUT2D eigenvalue weighted by molar-refractivity contribution is 0.0838. The van der Waals surface area contributed by atoms with Gasteiger partial charge >= 0.3 is 0 Å². The van der Waals surface area contributed by atoms with Gasteiger partial charge in [-0.1, -0.05) is 15.9 Å². The van der Waals surface area contributed by atoms with Crippen molar-refractivity contribution >= 4 is 26.7 Å². The number of hydrogen-bond donors (Lipinski definition) is 1. The number of nitrogens with one attached hydrogen (secondary N) is 1. The van der Waals surface area contributed by atoms with Crippen molar-refractivity contribution in [1.29, 1.82) is 0 Å². The predicted molar refractivity (Wildman–Crippen MR) is 72.6 cm³/mol. The molecule has 94 valence electrons. The first-order valence-corrected chi connectivity index (χ1v) is 7.64. The first-order chi connectivity index (χ1) is 8.22. The molecule has 1 aliphatic heterocycles. The summed E-state index contributed by atoms with van der Waals surface area (Å²) in [6.45, 7) is 1.31. The zero-order chi connectivity index (χ0) is 12.3. The Labute approximate surface area is 113 Å². The van der Waals surface area contributed by atoms with Crippen LogP contribution < -0.4 is 5.32 Å². The molecule has 1 N–H and O–H groups in total. The molecule has 3 atom stereocenters. The fraction of sp³-hybridized carbons (Fsp3) is 0.500. The monoisotopic (exact) mass is 317 g/mol. The van der Waals surface area contributed by atoms with E-state index in [4.69, 9.17) is 4.74 Å². The van der Waals surface area contributed by atoms with E-state index in [1.165, 1.54) is 0 Å². The van der Waals surface area contributed by atoms with Gasteiger partial charge in [0.25, 0.3) is 0 Å². The third kappa shape index (κ3) is 3.16. The molecule has 1 aliphatic rings. The second-order valence-corrected chi connectivity index (χ2v) is 6.64. The van der Waals surface area contributed by atoms with E-state index in [0.29, 0.717) is 6.61 Å². The van der Waals surface area contributed by atoms with Crippen molar-refractivity contribution in [3.05, 3.63) is 28.7 Å². The Kier molecular flexibility index (Phi) is 4.73. The first kappa shape index (κ1) is 13.2. The Bertz CT molecular complexity index is 396. The number of rotatable bonds is 3. The number of halogens is 1. The molecule has 5 heteroatoms. The molecule has 1 fully saturated rings. The Morgan fingerprint density at radius 3 is 2.76 bits per heavy atom. The second-order valence-electron chi connectivity index (χ2n) is 4.05. The van der Waals surface area contributed by atoms with Crippen LogP contribution in [0.15, 0.2) is 33.6 Å². The molecule has 1 heterocycles. The molecule has 0 amide bonds. The summed E-state index contributed by atoms with van der Waals surface area (Å²) in [5, 5.41) is 3.27. The lowest BCUT2D eigenvalue weighted by atomic mass is 10.1. The van der Waals surface area contributed by atoms with Gasteiger partial charge in [-0.05, 0) is 37.7 Å². The predicted octanol–water partition coefficient (Wildman–Crippen LogP) is 1.93. The van der Waals surface area contributed by atoms with Crippen LogP contribution in [0.1, 0.15) is 6.42 Å². The molecule has 1 aromatic carbocycles. The molecule has 0 aliphatic carbocycles. The van der Waals surface area contributed by atoms with E-state index in [-0.39, 0.29) is 11.3 Å². The topological polar surface area (TPSA) is 38.3 Å². The van der Waals surface area contributed by atoms with Crippen LogP contribution in [0.3, 0.4) is 0 Å². The molecular weight excluding hydrogens is 302 g/mol. The van der Waals surface area contributed by atoms with E-state index < -0.39 is 10.8 Å². The Hall–Kier alpha value is -0.230. The van der Waals surface area contributed by atoms with Crippen LogP contribution in [0.25, 0.3) is 0 Å². The second kappa shape index (κ2) is 6.09. The van der Waals surface area contributed by atoms with Gasteiger partial charge in [-0.3, -0.25) is 4.21 Å². The normalized spacial score (nSPS) is 26.7. The van der Waals surface area contributed by atoms with Crippen LogP contribution in [-0.4, -0.2) is 35.8 Å². The van der Waals surface area contributed by atoms with Crippen molar-refractivity contribution in [3.8, 4) is 0 Å². The van der Waals surface area contributed by atoms with Crippen molar-refractivity contribution in [2.75, 3.05) is 20.3 Å². The lowest BCUT2D eigenvalue weighted by Gasteiger charge is -2.30. The van der Waals surface area contributed by atoms with Gasteiger partial charge in [-0.25, -0.2) is 0 Å². The molecule has 0 spiro atoms. The van der Waals surface area contributed by atoms with Gasteiger partial charge in [0.2, 0.25) is 0 Å². The smallest absolute Gasteiger partial charge is 0.0781 e. The molecule has 0 saturated carbocycles. The first-order valence-electron chi connectivity index (χ1n) is 5.63. The average molecular weight is 318 g/mol. The van der Waals surface area contributed by atoms with Crippen molar-refractivity contribution in [2.45, 2.75) is 22.6 Å². The van der Waals surface area contributed by atoms with Gasteiger partial charge in [-0.15, -0.1) is 0 Å². The Balaban J connectivity index is 2.15. The van der Waals surface area contributed by atoms with Crippen LogP contribution in [0, 0.1) is 0 Å². The molecule has 2 rings (SSSR count). The minimum Gasteiger partial charge on any atom is -0.380 e. The fourth-order valence-electron chi connectivity index (χ4n) is 2.00. The van der Waals surface area contributed by atoms with E-state index in [2.05, 4.69) is 21.2 Å². The summed E-state index contributed by atoms with van der Waals surface area (Å²) in [6.07, 6.45) is 0.920. The van der Waals surface area contributed by atoms with E-state index in [1.54, 1.807) is 0 Å². The maximum atomic E-state index is 12.5. The van der Waals surface area contributed by atoms with Gasteiger partial charge in [0.15, 0.2) is 0 Å². The number of benzene rings is 1. The summed E-state index contributed by atoms with van der Waals surface area (Å²) >= 11 is 3.38. The van der Waals surface area contributed by atoms with E-state index in [0.717, 1.165) is 22.4 Å². The Morgan fingerprint density at radius 1 is 1.41 bits per heavy atom. The molecule has 1 aromatic rings. The van der Waals surface area contributed by atoms with Crippen LogP contribution in [-0.2, 0) is 15.5 Å². The largest absolute Gasteiger partial charge is 0.380 e. The van der Waals surface area contributed by atoms with E-state index in [1.807, 2.05) is 31.3 Å². The number of ether oxygens (including phenoxy) is 1. The minimum atomic E-state index is -1.02. The quantitative estimate of drug-likeness (QED) is 0.925. The molecule has 3 nitrogen and oxygen atoms in total. The zero-order valence-corrected chi connectivity index (χ0v) is 12.1. The van der Waals surface area contributed by atoms with E-state index in [9.17, 15) is 4.21 Å². The number of hydrogen-bond acceptors (Lipinski definition) is 3. The highest BCUT2D eigenvalue weighted by molar-refractivity contribution is 9.10. The van der Waals surface area contributed by atoms with Crippen molar-refractivity contribution in [2.24, 2.45) is 0 Å². The third-order valence-electron chi connectivity index (χ3n) is 3.00. The zero-order valence-electron chi connectivity index (χ0n) is 9.69. The fourth-order valence-corrected chi connectivity index (χ4v) is 3.81. The SMILES string of the molecule is CNC1CCOCC1S(=O)c1ccc(Br)cc1. The van der Waals surface area contributed by atoms with Crippen molar-refractivity contribution in [1.82, 2.24) is 5.32 Å². The van der Waals surface area contributed by atoms with Crippen LogP contribution >= 0.6 is 15.9 Å². The Morgan fingerprint density at radius 2 is 2.12 bits per heavy atom. The van der Waals surface area contributed by atoms with Crippen molar-refractivity contribution < 1.29 is 8.95 Å². The summed E-state index contributed by atoms with van der Waals surface area (Å²) in [4.78, 5) is 0.865. The lowest BCUT2D eigenvalue weighted by Crippen LogP contribution is -2.47. The van der Waals surface area contributed by atoms with Gasteiger partial charge in [-0.2, -0.15) is 0 Å².